The van der Waals surface area contributed by atoms with Gasteiger partial charge in [-0.25, -0.2) is 9.48 Å². The average Bonchev–Trinajstić information content (AvgIpc) is 3.04. The number of benzene rings is 2. The predicted molar refractivity (Wildman–Crippen MR) is 106 cm³/mol. The van der Waals surface area contributed by atoms with Crippen molar-refractivity contribution in [2.45, 2.75) is 33.6 Å². The van der Waals surface area contributed by atoms with Crippen molar-refractivity contribution < 1.29 is 14.6 Å². The van der Waals surface area contributed by atoms with Crippen molar-refractivity contribution in [2.24, 2.45) is 0 Å². The highest BCUT2D eigenvalue weighted by Gasteiger charge is 2.25. The quantitative estimate of drug-likeness (QED) is 0.681. The van der Waals surface area contributed by atoms with Gasteiger partial charge in [0.25, 0.3) is 0 Å². The van der Waals surface area contributed by atoms with Gasteiger partial charge in [-0.1, -0.05) is 31.5 Å². The monoisotopic (exact) mass is 364 g/mol. The number of nitrogens with zero attached hydrogens (tertiary/aromatic N) is 2. The van der Waals surface area contributed by atoms with E-state index in [1.807, 2.05) is 56.3 Å². The van der Waals surface area contributed by atoms with Crippen LogP contribution in [0.3, 0.4) is 0 Å². The Labute approximate surface area is 159 Å². The third-order valence-electron chi connectivity index (χ3n) is 4.76. The minimum absolute atomic E-state index is 0.253. The van der Waals surface area contributed by atoms with Gasteiger partial charge in [0.1, 0.15) is 17.0 Å². The minimum atomic E-state index is -0.966. The van der Waals surface area contributed by atoms with E-state index in [9.17, 15) is 9.90 Å². The first-order chi connectivity index (χ1) is 13.0. The lowest BCUT2D eigenvalue weighted by Crippen LogP contribution is -2.07. The van der Waals surface area contributed by atoms with Gasteiger partial charge < -0.3 is 9.84 Å². The Bertz CT molecular complexity index is 989. The Morgan fingerprint density at radius 2 is 1.93 bits per heavy atom. The number of carboxylic acid groups (broad SMARTS) is 1. The van der Waals surface area contributed by atoms with Crippen LogP contribution in [0.25, 0.3) is 16.9 Å². The molecule has 2 aromatic carbocycles. The van der Waals surface area contributed by atoms with Crippen LogP contribution in [0.1, 0.15) is 40.5 Å². The molecule has 0 aliphatic rings. The summed E-state index contributed by atoms with van der Waals surface area (Å²) in [5.41, 5.74) is 5.36. The van der Waals surface area contributed by atoms with Crippen molar-refractivity contribution in [3.63, 3.8) is 0 Å². The van der Waals surface area contributed by atoms with Gasteiger partial charge in [-0.05, 0) is 55.7 Å². The number of ether oxygens (including phenoxy) is 1. The molecular weight excluding hydrogens is 340 g/mol. The summed E-state index contributed by atoms with van der Waals surface area (Å²) in [5.74, 6) is -0.298. The summed E-state index contributed by atoms with van der Waals surface area (Å²) in [6.07, 6.45) is 1.46. The fourth-order valence-electron chi connectivity index (χ4n) is 3.19. The lowest BCUT2D eigenvalue weighted by molar-refractivity contribution is 0.0696. The zero-order chi connectivity index (χ0) is 19.6. The van der Waals surface area contributed by atoms with Crippen LogP contribution in [0.4, 0.5) is 0 Å². The van der Waals surface area contributed by atoms with Crippen LogP contribution in [-0.2, 0) is 6.42 Å². The van der Waals surface area contributed by atoms with E-state index in [4.69, 9.17) is 9.84 Å². The number of aryl methyl sites for hydroxylation is 2. The Kier molecular flexibility index (Phi) is 5.31. The SMILES string of the molecule is CCCc1c(C(=O)O)c(-c2cccc(OC)c2)nn1-c1ccc(C)c(C)c1. The molecule has 0 unspecified atom stereocenters. The molecule has 0 radical (unpaired) electrons. The molecule has 140 valence electrons. The van der Waals surface area contributed by atoms with Gasteiger partial charge in [0.2, 0.25) is 0 Å². The molecule has 27 heavy (non-hydrogen) atoms. The number of hydrogen-bond acceptors (Lipinski definition) is 3. The molecule has 1 aromatic heterocycles. The van der Waals surface area contributed by atoms with Gasteiger partial charge in [0.05, 0.1) is 18.5 Å². The third-order valence-corrected chi connectivity index (χ3v) is 4.76. The van der Waals surface area contributed by atoms with Gasteiger partial charge in [-0.3, -0.25) is 0 Å². The molecule has 1 N–H and O–H groups in total. The summed E-state index contributed by atoms with van der Waals surface area (Å²) in [6, 6.07) is 13.4. The molecule has 3 rings (SSSR count). The van der Waals surface area contributed by atoms with Crippen LogP contribution in [0.2, 0.25) is 0 Å². The maximum absolute atomic E-state index is 12.1. The predicted octanol–water partition coefficient (Wildman–Crippen LogP) is 4.82. The molecule has 0 spiro atoms. The van der Waals surface area contributed by atoms with Gasteiger partial charge >= 0.3 is 5.97 Å². The number of rotatable bonds is 6. The number of aromatic carboxylic acids is 1. The van der Waals surface area contributed by atoms with Crippen LogP contribution >= 0.6 is 0 Å². The second kappa shape index (κ2) is 7.66. The maximum Gasteiger partial charge on any atom is 0.339 e. The molecule has 1 heterocycles. The van der Waals surface area contributed by atoms with Gasteiger partial charge in [0.15, 0.2) is 0 Å². The van der Waals surface area contributed by atoms with Crippen molar-refractivity contribution in [3.05, 3.63) is 64.8 Å². The Morgan fingerprint density at radius 3 is 2.56 bits per heavy atom. The summed E-state index contributed by atoms with van der Waals surface area (Å²) in [7, 11) is 1.59. The molecule has 0 bridgehead atoms. The van der Waals surface area contributed by atoms with Crippen LogP contribution in [0, 0.1) is 13.8 Å². The van der Waals surface area contributed by atoms with Crippen molar-refractivity contribution >= 4 is 5.97 Å². The molecule has 0 saturated heterocycles. The molecule has 0 saturated carbocycles. The number of aromatic nitrogens is 2. The van der Waals surface area contributed by atoms with E-state index < -0.39 is 5.97 Å². The van der Waals surface area contributed by atoms with Crippen LogP contribution in [0.15, 0.2) is 42.5 Å². The fourth-order valence-corrected chi connectivity index (χ4v) is 3.19. The Hall–Kier alpha value is -3.08. The standard InChI is InChI=1S/C22H24N2O3/c1-5-7-19-20(22(25)26)21(16-8-6-9-18(13-16)27-4)23-24(19)17-11-10-14(2)15(3)12-17/h6,8-13H,5,7H2,1-4H3,(H,25,26). The summed E-state index contributed by atoms with van der Waals surface area (Å²) in [4.78, 5) is 12.1. The van der Waals surface area contributed by atoms with Crippen molar-refractivity contribution in [1.29, 1.82) is 0 Å². The van der Waals surface area contributed by atoms with E-state index in [2.05, 4.69) is 6.92 Å². The lowest BCUT2D eigenvalue weighted by Gasteiger charge is -2.09. The van der Waals surface area contributed by atoms with Crippen molar-refractivity contribution in [3.8, 4) is 22.7 Å². The fraction of sp³-hybridized carbons (Fsp3) is 0.273. The molecule has 0 amide bonds. The summed E-state index contributed by atoms with van der Waals surface area (Å²) in [5, 5.41) is 14.7. The second-order valence-electron chi connectivity index (χ2n) is 6.64. The first-order valence-corrected chi connectivity index (χ1v) is 9.03. The number of hydrogen-bond donors (Lipinski definition) is 1. The van der Waals surface area contributed by atoms with Gasteiger partial charge in [0, 0.05) is 5.56 Å². The van der Waals surface area contributed by atoms with E-state index >= 15 is 0 Å². The van der Waals surface area contributed by atoms with Crippen LogP contribution in [-0.4, -0.2) is 28.0 Å². The summed E-state index contributed by atoms with van der Waals surface area (Å²) in [6.45, 7) is 6.14. The normalized spacial score (nSPS) is 10.8. The van der Waals surface area contributed by atoms with E-state index in [1.165, 1.54) is 5.56 Å². The highest BCUT2D eigenvalue weighted by atomic mass is 16.5. The highest BCUT2D eigenvalue weighted by molar-refractivity contribution is 5.96. The molecule has 5 heteroatoms. The molecule has 0 aliphatic carbocycles. The van der Waals surface area contributed by atoms with E-state index in [0.717, 1.165) is 23.2 Å². The summed E-state index contributed by atoms with van der Waals surface area (Å²) >= 11 is 0. The summed E-state index contributed by atoms with van der Waals surface area (Å²) < 4.78 is 7.06. The Morgan fingerprint density at radius 1 is 1.15 bits per heavy atom. The van der Waals surface area contributed by atoms with Gasteiger partial charge in [-0.15, -0.1) is 0 Å². The molecular formula is C22H24N2O3. The molecule has 5 nitrogen and oxygen atoms in total. The first kappa shape index (κ1) is 18.7. The molecule has 0 fully saturated rings. The first-order valence-electron chi connectivity index (χ1n) is 9.03. The molecule has 0 atom stereocenters. The highest BCUT2D eigenvalue weighted by Crippen LogP contribution is 2.31. The van der Waals surface area contributed by atoms with E-state index in [0.29, 0.717) is 23.6 Å². The van der Waals surface area contributed by atoms with Gasteiger partial charge in [-0.2, -0.15) is 5.10 Å². The number of methoxy groups -OCH3 is 1. The van der Waals surface area contributed by atoms with Crippen LogP contribution in [0.5, 0.6) is 5.75 Å². The Balaban J connectivity index is 2.27. The molecule has 3 aromatic rings. The average molecular weight is 364 g/mol. The molecule has 0 aliphatic heterocycles. The number of carbonyl (C=O) groups is 1. The lowest BCUT2D eigenvalue weighted by atomic mass is 10.0. The zero-order valence-electron chi connectivity index (χ0n) is 16.1. The minimum Gasteiger partial charge on any atom is -0.497 e. The zero-order valence-corrected chi connectivity index (χ0v) is 16.1. The van der Waals surface area contributed by atoms with E-state index in [1.54, 1.807) is 11.8 Å². The van der Waals surface area contributed by atoms with Crippen molar-refractivity contribution in [1.82, 2.24) is 9.78 Å². The third kappa shape index (κ3) is 3.58. The van der Waals surface area contributed by atoms with Crippen LogP contribution < -0.4 is 4.74 Å². The maximum atomic E-state index is 12.1. The van der Waals surface area contributed by atoms with Crippen molar-refractivity contribution in [2.75, 3.05) is 7.11 Å². The van der Waals surface area contributed by atoms with E-state index in [-0.39, 0.29) is 5.56 Å². The largest absolute Gasteiger partial charge is 0.497 e. The topological polar surface area (TPSA) is 64.3 Å². The smallest absolute Gasteiger partial charge is 0.339 e. The second-order valence-corrected chi connectivity index (χ2v) is 6.64. The number of carboxylic acids is 1.